The van der Waals surface area contributed by atoms with Gasteiger partial charge in [-0.05, 0) is 0 Å². The normalized spacial score (nSPS) is 22.5. The van der Waals surface area contributed by atoms with E-state index < -0.39 is 21.0 Å². The Morgan fingerprint density at radius 2 is 1.03 bits per heavy atom. The van der Waals surface area contributed by atoms with E-state index in [0.717, 1.165) is 7.35 Å². The second kappa shape index (κ2) is 9.85. The maximum atomic E-state index is 2.51. The third kappa shape index (κ3) is 3.71. The van der Waals surface area contributed by atoms with Gasteiger partial charge < -0.3 is 24.8 Å². The van der Waals surface area contributed by atoms with Crippen molar-refractivity contribution in [1.29, 1.82) is 0 Å². The molecule has 4 aliphatic carbocycles. The molecule has 0 nitrogen and oxygen atoms in total. The van der Waals surface area contributed by atoms with Crippen LogP contribution in [0, 0.1) is 0 Å². The number of allylic oxidation sites excluding steroid dienone is 4. The minimum absolute atomic E-state index is 0. The summed E-state index contributed by atoms with van der Waals surface area (Å²) < 4.78 is 3.41. The first-order chi connectivity index (χ1) is 14.8. The number of halogens is 2. The molecule has 0 spiro atoms. The molecular weight excluding hydrogens is 598 g/mol. The molecule has 0 fully saturated rings. The molecular formula is C29H32Cl2Hf. The van der Waals surface area contributed by atoms with E-state index in [4.69, 9.17) is 0 Å². The van der Waals surface area contributed by atoms with Gasteiger partial charge in [0, 0.05) is 0 Å². The Kier molecular flexibility index (Phi) is 7.50. The molecule has 166 valence electrons. The molecule has 4 aliphatic rings. The van der Waals surface area contributed by atoms with Crippen molar-refractivity contribution in [2.75, 3.05) is 0 Å². The minimum Gasteiger partial charge on any atom is -1.00 e. The van der Waals surface area contributed by atoms with E-state index in [-0.39, 0.29) is 24.8 Å². The quantitative estimate of drug-likeness (QED) is 0.446. The molecule has 3 heteroatoms. The van der Waals surface area contributed by atoms with Crippen LogP contribution in [-0.2, 0) is 21.0 Å². The Labute approximate surface area is 213 Å². The van der Waals surface area contributed by atoms with Gasteiger partial charge in [0.1, 0.15) is 0 Å². The number of fused-ring (bicyclic) bond motifs is 4. The van der Waals surface area contributed by atoms with E-state index in [1.54, 1.807) is 33.4 Å². The van der Waals surface area contributed by atoms with Crippen LogP contribution in [-0.4, -0.2) is 3.26 Å². The van der Waals surface area contributed by atoms with E-state index >= 15 is 0 Å². The van der Waals surface area contributed by atoms with Crippen molar-refractivity contribution in [1.82, 2.24) is 0 Å². The number of benzene rings is 2. The Bertz CT molecular complexity index is 1050. The number of hydrogen-bond donors (Lipinski definition) is 0. The molecule has 0 saturated carbocycles. The van der Waals surface area contributed by atoms with Crippen LogP contribution in [0.1, 0.15) is 94.8 Å². The van der Waals surface area contributed by atoms with Crippen molar-refractivity contribution in [2.24, 2.45) is 0 Å². The first-order valence-corrected chi connectivity index (χ1v) is 18.0. The molecule has 0 N–H and O–H groups in total. The van der Waals surface area contributed by atoms with E-state index in [0.29, 0.717) is 0 Å². The molecule has 0 aliphatic heterocycles. The second-order valence-corrected chi connectivity index (χ2v) is 20.9. The van der Waals surface area contributed by atoms with Gasteiger partial charge in [-0.1, -0.05) is 0 Å². The fourth-order valence-corrected chi connectivity index (χ4v) is 21.5. The zero-order valence-corrected chi connectivity index (χ0v) is 24.3. The molecule has 0 radical (unpaired) electrons. The SMILES string of the molecule is C[C](C)=[Hf+2]([CH]1C2=C(CCCC2)c2ccccc21)[CH]1C2=C(CCCC2)c2ccccc21.[Cl-].[Cl-]. The zero-order chi connectivity index (χ0) is 20.2. The largest absolute Gasteiger partial charge is 1.00 e. The summed E-state index contributed by atoms with van der Waals surface area (Å²) in [6, 6.07) is 19.1. The summed E-state index contributed by atoms with van der Waals surface area (Å²) >= 11 is -2.27. The summed E-state index contributed by atoms with van der Waals surface area (Å²) in [5, 5.41) is 0. The maximum absolute atomic E-state index is 2.51. The van der Waals surface area contributed by atoms with Gasteiger partial charge >= 0.3 is 190 Å². The van der Waals surface area contributed by atoms with E-state index in [1.807, 2.05) is 14.4 Å². The zero-order valence-electron chi connectivity index (χ0n) is 19.2. The maximum Gasteiger partial charge on any atom is -1.00 e. The van der Waals surface area contributed by atoms with Crippen LogP contribution < -0.4 is 24.8 Å². The molecule has 2 aromatic rings. The van der Waals surface area contributed by atoms with Crippen molar-refractivity contribution in [2.45, 2.75) is 72.6 Å². The van der Waals surface area contributed by atoms with Gasteiger partial charge in [-0.15, -0.1) is 0 Å². The molecule has 0 saturated heterocycles. The Hall–Kier alpha value is -0.760. The third-order valence-corrected chi connectivity index (χ3v) is 21.5. The molecule has 0 amide bonds. The monoisotopic (exact) mass is 630 g/mol. The van der Waals surface area contributed by atoms with Gasteiger partial charge in [0.05, 0.1) is 0 Å². The molecule has 0 bridgehead atoms. The minimum atomic E-state index is -2.27. The predicted molar refractivity (Wildman–Crippen MR) is 125 cm³/mol. The summed E-state index contributed by atoms with van der Waals surface area (Å²) in [5.41, 5.74) is 14.0. The molecule has 0 aromatic heterocycles. The fraction of sp³-hybridized carbons (Fsp3) is 0.414. The van der Waals surface area contributed by atoms with Gasteiger partial charge in [-0.3, -0.25) is 0 Å². The average molecular weight is 630 g/mol. The Balaban J connectivity index is 0.00000122. The number of rotatable bonds is 2. The van der Waals surface area contributed by atoms with Crippen LogP contribution in [0.3, 0.4) is 0 Å². The van der Waals surface area contributed by atoms with Crippen molar-refractivity contribution in [3.63, 3.8) is 0 Å². The molecule has 2 atom stereocenters. The van der Waals surface area contributed by atoms with E-state index in [1.165, 1.54) is 51.4 Å². The predicted octanol–water partition coefficient (Wildman–Crippen LogP) is 1.99. The van der Waals surface area contributed by atoms with Crippen LogP contribution in [0.15, 0.2) is 59.7 Å². The van der Waals surface area contributed by atoms with E-state index in [2.05, 4.69) is 62.4 Å². The van der Waals surface area contributed by atoms with Gasteiger partial charge in [0.15, 0.2) is 0 Å². The first kappa shape index (κ1) is 24.4. The summed E-state index contributed by atoms with van der Waals surface area (Å²) in [6.07, 6.45) is 10.9. The number of hydrogen-bond acceptors (Lipinski definition) is 0. The topological polar surface area (TPSA) is 0 Å². The Morgan fingerprint density at radius 3 is 1.47 bits per heavy atom. The van der Waals surface area contributed by atoms with Gasteiger partial charge in [0.2, 0.25) is 0 Å². The fourth-order valence-electron chi connectivity index (χ4n) is 6.99. The molecule has 2 aromatic carbocycles. The van der Waals surface area contributed by atoms with Crippen LogP contribution in [0.25, 0.3) is 11.1 Å². The van der Waals surface area contributed by atoms with E-state index in [9.17, 15) is 0 Å². The van der Waals surface area contributed by atoms with Crippen LogP contribution in [0.2, 0.25) is 0 Å². The Morgan fingerprint density at radius 1 is 0.625 bits per heavy atom. The summed E-state index contributed by atoms with van der Waals surface area (Å²) in [6.45, 7) is 5.02. The average Bonchev–Trinajstić information content (AvgIpc) is 3.29. The van der Waals surface area contributed by atoms with Crippen LogP contribution in [0.4, 0.5) is 0 Å². The van der Waals surface area contributed by atoms with Crippen molar-refractivity contribution in [3.8, 4) is 0 Å². The molecule has 32 heavy (non-hydrogen) atoms. The van der Waals surface area contributed by atoms with Gasteiger partial charge in [0.25, 0.3) is 0 Å². The summed E-state index contributed by atoms with van der Waals surface area (Å²) in [5.74, 6) is 0. The third-order valence-electron chi connectivity index (χ3n) is 8.11. The van der Waals surface area contributed by atoms with Crippen LogP contribution >= 0.6 is 0 Å². The van der Waals surface area contributed by atoms with Crippen molar-refractivity contribution < 1.29 is 45.8 Å². The molecule has 6 rings (SSSR count). The first-order valence-electron chi connectivity index (χ1n) is 12.1. The van der Waals surface area contributed by atoms with Crippen molar-refractivity contribution >= 4 is 14.4 Å². The van der Waals surface area contributed by atoms with Gasteiger partial charge in [-0.2, -0.15) is 0 Å². The van der Waals surface area contributed by atoms with Gasteiger partial charge in [-0.25, -0.2) is 0 Å². The smallest absolute Gasteiger partial charge is 1.00 e. The second-order valence-electron chi connectivity index (χ2n) is 9.92. The molecule has 0 heterocycles. The van der Waals surface area contributed by atoms with Crippen molar-refractivity contribution in [3.05, 3.63) is 81.9 Å². The summed E-state index contributed by atoms with van der Waals surface area (Å²) in [4.78, 5) is 0. The molecule has 2 unspecified atom stereocenters. The summed E-state index contributed by atoms with van der Waals surface area (Å²) in [7, 11) is 0. The van der Waals surface area contributed by atoms with Crippen LogP contribution in [0.5, 0.6) is 0 Å². The standard InChI is InChI=1S/2C13H13.C3H6.2ClH.Hf/c2*1-3-7-12-10(5-1)9-11-6-2-4-8-13(11)12;1-3-2;;;/h2*1,3,5,7,9H,2,4,6,8H2;1-2H3;2*1H;/q;;;;;+2/p-2.